The summed E-state index contributed by atoms with van der Waals surface area (Å²) in [5.74, 6) is 1.09. The summed E-state index contributed by atoms with van der Waals surface area (Å²) < 4.78 is 15.2. The second-order valence-electron chi connectivity index (χ2n) is 5.89. The molecule has 0 amide bonds. The van der Waals surface area contributed by atoms with Crippen molar-refractivity contribution in [1.82, 2.24) is 15.0 Å². The summed E-state index contributed by atoms with van der Waals surface area (Å²) in [6.45, 7) is 3.68. The van der Waals surface area contributed by atoms with E-state index in [4.69, 9.17) is 25.8 Å². The number of ether oxygens (including phenoxy) is 3. The summed E-state index contributed by atoms with van der Waals surface area (Å²) in [5, 5.41) is 1.23. The summed E-state index contributed by atoms with van der Waals surface area (Å²) in [7, 11) is 0. The minimum Gasteiger partial charge on any atom is -0.440 e. The molecule has 0 N–H and O–H groups in total. The van der Waals surface area contributed by atoms with Crippen molar-refractivity contribution in [3.63, 3.8) is 0 Å². The van der Waals surface area contributed by atoms with Gasteiger partial charge in [-0.2, -0.15) is 4.98 Å². The molecule has 0 atom stereocenters. The summed E-state index contributed by atoms with van der Waals surface area (Å²) in [6.07, 6.45) is 5.39. The van der Waals surface area contributed by atoms with Gasteiger partial charge in [0.05, 0.1) is 17.3 Å². The third kappa shape index (κ3) is 5.01. The average molecular weight is 410 g/mol. The van der Waals surface area contributed by atoms with Crippen LogP contribution >= 0.6 is 23.4 Å². The van der Waals surface area contributed by atoms with E-state index in [1.54, 1.807) is 19.3 Å². The molecule has 0 saturated carbocycles. The molecule has 0 saturated heterocycles. The second-order valence-corrected chi connectivity index (χ2v) is 7.23. The molecule has 0 fully saturated rings. The lowest BCUT2D eigenvalue weighted by Gasteiger charge is -2.12. The Hall–Kier alpha value is -2.06. The van der Waals surface area contributed by atoms with Gasteiger partial charge in [-0.3, -0.25) is 4.98 Å². The molecule has 27 heavy (non-hydrogen) atoms. The predicted molar refractivity (Wildman–Crippen MR) is 101 cm³/mol. The van der Waals surface area contributed by atoms with Gasteiger partial charge in [0.2, 0.25) is 12.7 Å². The van der Waals surface area contributed by atoms with Gasteiger partial charge in [0, 0.05) is 23.7 Å². The normalized spacial score (nSPS) is 12.6. The van der Waals surface area contributed by atoms with E-state index < -0.39 is 6.16 Å². The molecule has 0 aromatic carbocycles. The standard InChI is InChI=1S/C18H20ClN3O4S/c1-3-24-18(23)26-10-25-16-12-5-4-6-15(12)21-17(22-16)27-9-13-11(2)7-20-8-14(13)19/h7-8H,3-6,9-10H2,1-2H3. The number of rotatable bonds is 7. The molecular formula is C18H20ClN3O4S. The molecule has 144 valence electrons. The monoisotopic (exact) mass is 409 g/mol. The topological polar surface area (TPSA) is 83.4 Å². The zero-order chi connectivity index (χ0) is 19.2. The van der Waals surface area contributed by atoms with Crippen LogP contribution in [0.3, 0.4) is 0 Å². The van der Waals surface area contributed by atoms with E-state index >= 15 is 0 Å². The number of fused-ring (bicyclic) bond motifs is 1. The van der Waals surface area contributed by atoms with Crippen molar-refractivity contribution < 1.29 is 19.0 Å². The lowest BCUT2D eigenvalue weighted by atomic mass is 10.2. The molecule has 2 aromatic heterocycles. The zero-order valence-electron chi connectivity index (χ0n) is 15.2. The third-order valence-corrected chi connectivity index (χ3v) is 5.27. The Morgan fingerprint density at radius 2 is 2.11 bits per heavy atom. The van der Waals surface area contributed by atoms with Gasteiger partial charge in [-0.1, -0.05) is 23.4 Å². The van der Waals surface area contributed by atoms with Gasteiger partial charge in [-0.25, -0.2) is 9.78 Å². The van der Waals surface area contributed by atoms with Crippen LogP contribution < -0.4 is 4.74 Å². The van der Waals surface area contributed by atoms with E-state index in [0.717, 1.165) is 41.6 Å². The fraction of sp³-hybridized carbons (Fsp3) is 0.444. The number of aryl methyl sites for hydroxylation is 2. The number of pyridine rings is 1. The highest BCUT2D eigenvalue weighted by Crippen LogP contribution is 2.32. The first-order valence-corrected chi connectivity index (χ1v) is 9.98. The van der Waals surface area contributed by atoms with Crippen LogP contribution in [0.5, 0.6) is 5.88 Å². The molecule has 7 nitrogen and oxygen atoms in total. The molecule has 1 aliphatic rings. The van der Waals surface area contributed by atoms with E-state index in [-0.39, 0.29) is 13.4 Å². The number of hydrogen-bond donors (Lipinski definition) is 0. The Morgan fingerprint density at radius 3 is 2.89 bits per heavy atom. The first-order chi connectivity index (χ1) is 13.1. The van der Waals surface area contributed by atoms with E-state index in [9.17, 15) is 4.79 Å². The number of aromatic nitrogens is 3. The summed E-state index contributed by atoms with van der Waals surface area (Å²) in [5.41, 5.74) is 3.99. The molecule has 3 rings (SSSR count). The van der Waals surface area contributed by atoms with Crippen molar-refractivity contribution in [2.75, 3.05) is 13.4 Å². The lowest BCUT2D eigenvalue weighted by molar-refractivity contribution is 0.00470. The van der Waals surface area contributed by atoms with Crippen molar-refractivity contribution in [1.29, 1.82) is 0 Å². The number of halogens is 1. The maximum Gasteiger partial charge on any atom is 0.511 e. The highest BCUT2D eigenvalue weighted by molar-refractivity contribution is 7.98. The van der Waals surface area contributed by atoms with Crippen molar-refractivity contribution in [2.45, 2.75) is 44.0 Å². The summed E-state index contributed by atoms with van der Waals surface area (Å²) in [6, 6.07) is 0. The molecule has 1 aliphatic carbocycles. The molecule has 0 aliphatic heterocycles. The molecule has 0 radical (unpaired) electrons. The first-order valence-electron chi connectivity index (χ1n) is 8.62. The average Bonchev–Trinajstić information content (AvgIpc) is 3.10. The van der Waals surface area contributed by atoms with Crippen molar-refractivity contribution in [3.05, 3.63) is 39.8 Å². The van der Waals surface area contributed by atoms with Crippen LogP contribution in [-0.4, -0.2) is 34.5 Å². The zero-order valence-corrected chi connectivity index (χ0v) is 16.7. The van der Waals surface area contributed by atoms with Crippen LogP contribution in [0, 0.1) is 6.92 Å². The molecule has 0 unspecified atom stereocenters. The predicted octanol–water partition coefficient (Wildman–Crippen LogP) is 4.12. The summed E-state index contributed by atoms with van der Waals surface area (Å²) >= 11 is 7.73. The van der Waals surface area contributed by atoms with E-state index in [0.29, 0.717) is 21.8 Å². The largest absolute Gasteiger partial charge is 0.511 e. The van der Waals surface area contributed by atoms with Crippen LogP contribution in [0.1, 0.15) is 35.7 Å². The van der Waals surface area contributed by atoms with Gasteiger partial charge in [0.1, 0.15) is 0 Å². The molecule has 2 heterocycles. The molecule has 2 aromatic rings. The molecular weight excluding hydrogens is 390 g/mol. The van der Waals surface area contributed by atoms with E-state index in [2.05, 4.69) is 15.0 Å². The Balaban J connectivity index is 1.70. The van der Waals surface area contributed by atoms with Crippen molar-refractivity contribution in [2.24, 2.45) is 0 Å². The summed E-state index contributed by atoms with van der Waals surface area (Å²) in [4.78, 5) is 24.5. The number of nitrogens with zero attached hydrogens (tertiary/aromatic N) is 3. The maximum atomic E-state index is 11.3. The van der Waals surface area contributed by atoms with Crippen molar-refractivity contribution >= 4 is 29.5 Å². The highest BCUT2D eigenvalue weighted by atomic mass is 35.5. The van der Waals surface area contributed by atoms with Crippen LogP contribution in [-0.2, 0) is 28.1 Å². The molecule has 0 bridgehead atoms. The van der Waals surface area contributed by atoms with Gasteiger partial charge in [0.25, 0.3) is 0 Å². The first kappa shape index (κ1) is 19.7. The quantitative estimate of drug-likeness (QED) is 0.292. The second kappa shape index (κ2) is 9.23. The minimum atomic E-state index is -0.763. The van der Waals surface area contributed by atoms with Gasteiger partial charge in [-0.05, 0) is 44.2 Å². The molecule has 9 heteroatoms. The fourth-order valence-electron chi connectivity index (χ4n) is 2.73. The van der Waals surface area contributed by atoms with Gasteiger partial charge < -0.3 is 14.2 Å². The van der Waals surface area contributed by atoms with Crippen LogP contribution in [0.2, 0.25) is 5.02 Å². The number of hydrogen-bond acceptors (Lipinski definition) is 8. The van der Waals surface area contributed by atoms with Gasteiger partial charge in [0.15, 0.2) is 5.16 Å². The Labute approximate surface area is 166 Å². The Morgan fingerprint density at radius 1 is 1.26 bits per heavy atom. The van der Waals surface area contributed by atoms with Gasteiger partial charge >= 0.3 is 6.16 Å². The van der Waals surface area contributed by atoms with Crippen LogP contribution in [0.25, 0.3) is 0 Å². The minimum absolute atomic E-state index is 0.248. The molecule has 0 spiro atoms. The number of carbonyl (C=O) groups excluding carboxylic acids is 1. The Kier molecular flexibility index (Phi) is 6.73. The fourth-order valence-corrected chi connectivity index (χ4v) is 4.06. The number of carbonyl (C=O) groups is 1. The van der Waals surface area contributed by atoms with Crippen LogP contribution in [0.4, 0.5) is 4.79 Å². The maximum absolute atomic E-state index is 11.3. The highest BCUT2D eigenvalue weighted by Gasteiger charge is 2.21. The third-order valence-electron chi connectivity index (χ3n) is 4.08. The van der Waals surface area contributed by atoms with E-state index in [1.807, 2.05) is 6.92 Å². The van der Waals surface area contributed by atoms with Crippen molar-refractivity contribution in [3.8, 4) is 5.88 Å². The van der Waals surface area contributed by atoms with Crippen LogP contribution in [0.15, 0.2) is 17.6 Å². The SMILES string of the molecule is CCOC(=O)OCOc1nc(SCc2c(C)cncc2Cl)nc2c1CCC2. The van der Waals surface area contributed by atoms with E-state index in [1.165, 1.54) is 11.8 Å². The van der Waals surface area contributed by atoms with Gasteiger partial charge in [-0.15, -0.1) is 0 Å². The smallest absolute Gasteiger partial charge is 0.440 e. The lowest BCUT2D eigenvalue weighted by Crippen LogP contribution is -2.13. The Bertz CT molecular complexity index is 814. The number of thioether (sulfide) groups is 1.